The molecule has 3 aromatic rings. The highest BCUT2D eigenvalue weighted by atomic mass is 16.5. The molecule has 0 N–H and O–H groups in total. The van der Waals surface area contributed by atoms with Gasteiger partial charge in [-0.1, -0.05) is 6.07 Å². The number of aromatic nitrogens is 3. The Morgan fingerprint density at radius 2 is 2.07 bits per heavy atom. The second-order valence-electron chi connectivity index (χ2n) is 7.28. The molecule has 5 rings (SSSR count). The zero-order chi connectivity index (χ0) is 18.9. The summed E-state index contributed by atoms with van der Waals surface area (Å²) in [6, 6.07) is 9.99. The van der Waals surface area contributed by atoms with Crippen molar-refractivity contribution in [1.29, 1.82) is 0 Å². The number of aliphatic imine (C=N–C) groups is 1. The normalized spacial score (nSPS) is 17.6. The Hall–Kier alpha value is -3.15. The second-order valence-corrected chi connectivity index (χ2v) is 7.28. The van der Waals surface area contributed by atoms with E-state index in [0.29, 0.717) is 12.5 Å². The Kier molecular flexibility index (Phi) is 4.31. The van der Waals surface area contributed by atoms with E-state index in [4.69, 9.17) is 14.5 Å². The first kappa shape index (κ1) is 17.0. The van der Waals surface area contributed by atoms with Gasteiger partial charge < -0.3 is 14.0 Å². The number of imidazole rings is 1. The van der Waals surface area contributed by atoms with E-state index >= 15 is 0 Å². The summed E-state index contributed by atoms with van der Waals surface area (Å²) >= 11 is 0. The van der Waals surface area contributed by atoms with Crippen LogP contribution in [0.5, 0.6) is 11.5 Å². The van der Waals surface area contributed by atoms with E-state index in [1.54, 1.807) is 13.3 Å². The third kappa shape index (κ3) is 3.26. The minimum absolute atomic E-state index is 0.421. The average molecular weight is 374 g/mol. The number of hydrogen-bond acceptors (Lipinski definition) is 5. The van der Waals surface area contributed by atoms with Crippen LogP contribution in [0.25, 0.3) is 0 Å². The number of rotatable bonds is 5. The molecule has 2 aliphatic rings. The van der Waals surface area contributed by atoms with Gasteiger partial charge in [0.05, 0.1) is 24.7 Å². The molecule has 1 aromatic carbocycles. The number of nitrogens with zero attached hydrogens (tertiary/aromatic N) is 4. The lowest BCUT2D eigenvalue weighted by Crippen LogP contribution is -2.25. The number of fused-ring (bicyclic) bond motifs is 2. The Morgan fingerprint density at radius 3 is 2.93 bits per heavy atom. The van der Waals surface area contributed by atoms with Gasteiger partial charge in [0.2, 0.25) is 0 Å². The number of methoxy groups -OCH3 is 1. The van der Waals surface area contributed by atoms with Crippen molar-refractivity contribution in [2.24, 2.45) is 10.9 Å². The van der Waals surface area contributed by atoms with Gasteiger partial charge in [-0.3, -0.25) is 9.98 Å². The van der Waals surface area contributed by atoms with Crippen LogP contribution in [0, 0.1) is 5.92 Å². The summed E-state index contributed by atoms with van der Waals surface area (Å²) in [6.07, 6.45) is 8.70. The van der Waals surface area contributed by atoms with Crippen molar-refractivity contribution in [3.8, 4) is 11.5 Å². The van der Waals surface area contributed by atoms with Crippen molar-refractivity contribution in [1.82, 2.24) is 14.5 Å². The predicted molar refractivity (Wildman–Crippen MR) is 106 cm³/mol. The molecule has 0 radical (unpaired) electrons. The molecule has 2 aromatic heterocycles. The van der Waals surface area contributed by atoms with Crippen molar-refractivity contribution >= 4 is 11.4 Å². The number of pyridine rings is 1. The maximum absolute atomic E-state index is 5.92. The van der Waals surface area contributed by atoms with Crippen LogP contribution in [-0.2, 0) is 26.0 Å². The first-order chi connectivity index (χ1) is 13.8. The lowest BCUT2D eigenvalue weighted by atomic mass is 9.90. The summed E-state index contributed by atoms with van der Waals surface area (Å²) in [7, 11) is 1.63. The summed E-state index contributed by atoms with van der Waals surface area (Å²) in [4.78, 5) is 13.8. The van der Waals surface area contributed by atoms with Crippen LogP contribution in [0.15, 0.2) is 53.9 Å². The van der Waals surface area contributed by atoms with E-state index in [1.165, 1.54) is 17.1 Å². The number of ether oxygens (including phenoxy) is 2. The third-order valence-corrected chi connectivity index (χ3v) is 5.53. The Bertz CT molecular complexity index is 1020. The highest BCUT2D eigenvalue weighted by Gasteiger charge is 2.27. The van der Waals surface area contributed by atoms with Crippen LogP contribution >= 0.6 is 0 Å². The van der Waals surface area contributed by atoms with E-state index in [1.807, 2.05) is 30.5 Å². The van der Waals surface area contributed by atoms with Gasteiger partial charge in [-0.05, 0) is 30.2 Å². The fourth-order valence-corrected chi connectivity index (χ4v) is 3.92. The molecule has 142 valence electrons. The van der Waals surface area contributed by atoms with E-state index in [2.05, 4.69) is 26.8 Å². The molecule has 0 aliphatic carbocycles. The summed E-state index contributed by atoms with van der Waals surface area (Å²) in [6.45, 7) is 1.45. The fraction of sp³-hybridized carbons (Fsp3) is 0.318. The van der Waals surface area contributed by atoms with Gasteiger partial charge in [0, 0.05) is 49.5 Å². The summed E-state index contributed by atoms with van der Waals surface area (Å²) in [5.74, 6) is 3.22. The Balaban J connectivity index is 1.27. The molecule has 0 saturated heterocycles. The lowest BCUT2D eigenvalue weighted by Gasteiger charge is -2.23. The Morgan fingerprint density at radius 1 is 1.14 bits per heavy atom. The molecule has 2 aliphatic heterocycles. The van der Waals surface area contributed by atoms with Crippen LogP contribution in [-0.4, -0.2) is 27.4 Å². The van der Waals surface area contributed by atoms with E-state index in [9.17, 15) is 0 Å². The summed E-state index contributed by atoms with van der Waals surface area (Å²) in [5.41, 5.74) is 4.45. The molecule has 0 fully saturated rings. The van der Waals surface area contributed by atoms with Crippen LogP contribution in [0.1, 0.15) is 23.5 Å². The van der Waals surface area contributed by atoms with Crippen LogP contribution in [0.2, 0.25) is 0 Å². The molecule has 1 unspecified atom stereocenters. The molecule has 0 spiro atoms. The van der Waals surface area contributed by atoms with Crippen LogP contribution in [0.4, 0.5) is 5.69 Å². The van der Waals surface area contributed by atoms with Gasteiger partial charge in [0.25, 0.3) is 0 Å². The molecule has 6 nitrogen and oxygen atoms in total. The first-order valence-electron chi connectivity index (χ1n) is 9.60. The standard InChI is InChI=1S/C22H22N4O2/c1-27-19-5-3-17(24-13-19)14-28-18-4-2-15-10-20(25-21(15)12-18)16-6-8-26-9-7-23-22(26)11-16/h2-5,7,9,12-13,16H,6,8,10-11,14H2,1H3. The van der Waals surface area contributed by atoms with Crippen LogP contribution in [0.3, 0.4) is 0 Å². The van der Waals surface area contributed by atoms with E-state index in [-0.39, 0.29) is 0 Å². The summed E-state index contributed by atoms with van der Waals surface area (Å²) in [5, 5.41) is 0. The van der Waals surface area contributed by atoms with E-state index in [0.717, 1.165) is 48.7 Å². The molecular weight excluding hydrogens is 352 g/mol. The van der Waals surface area contributed by atoms with Gasteiger partial charge in [-0.15, -0.1) is 0 Å². The minimum Gasteiger partial charge on any atom is -0.495 e. The summed E-state index contributed by atoms with van der Waals surface area (Å²) < 4.78 is 13.3. The number of benzene rings is 1. The first-order valence-corrected chi connectivity index (χ1v) is 9.60. The Labute approximate surface area is 163 Å². The molecular formula is C22H22N4O2. The van der Waals surface area contributed by atoms with Gasteiger partial charge in [0.1, 0.15) is 23.9 Å². The molecule has 4 heterocycles. The highest BCUT2D eigenvalue weighted by Crippen LogP contribution is 2.35. The van der Waals surface area contributed by atoms with Gasteiger partial charge in [-0.25, -0.2) is 4.98 Å². The third-order valence-electron chi connectivity index (χ3n) is 5.53. The van der Waals surface area contributed by atoms with Crippen molar-refractivity contribution in [2.45, 2.75) is 32.4 Å². The van der Waals surface area contributed by atoms with Gasteiger partial charge >= 0.3 is 0 Å². The van der Waals surface area contributed by atoms with Crippen LogP contribution < -0.4 is 9.47 Å². The smallest absolute Gasteiger partial charge is 0.137 e. The molecule has 0 amide bonds. The molecule has 0 bridgehead atoms. The number of hydrogen-bond donors (Lipinski definition) is 0. The zero-order valence-corrected chi connectivity index (χ0v) is 15.8. The van der Waals surface area contributed by atoms with Gasteiger partial charge in [0.15, 0.2) is 0 Å². The minimum atomic E-state index is 0.421. The van der Waals surface area contributed by atoms with Crippen molar-refractivity contribution in [3.63, 3.8) is 0 Å². The molecule has 28 heavy (non-hydrogen) atoms. The zero-order valence-electron chi connectivity index (χ0n) is 15.8. The van der Waals surface area contributed by atoms with Crippen molar-refractivity contribution < 1.29 is 9.47 Å². The molecule has 6 heteroatoms. The predicted octanol–water partition coefficient (Wildman–Crippen LogP) is 3.76. The quantitative estimate of drug-likeness (QED) is 0.682. The average Bonchev–Trinajstić information content (AvgIpc) is 3.38. The monoisotopic (exact) mass is 374 g/mol. The topological polar surface area (TPSA) is 61.5 Å². The van der Waals surface area contributed by atoms with Crippen molar-refractivity contribution in [2.75, 3.05) is 7.11 Å². The largest absolute Gasteiger partial charge is 0.495 e. The van der Waals surface area contributed by atoms with Crippen molar-refractivity contribution in [3.05, 3.63) is 66.0 Å². The number of aryl methyl sites for hydroxylation is 1. The highest BCUT2D eigenvalue weighted by molar-refractivity contribution is 5.96. The van der Waals surface area contributed by atoms with Gasteiger partial charge in [-0.2, -0.15) is 0 Å². The SMILES string of the molecule is COc1ccc(COc2ccc3c(c2)N=C(C2CCn4ccnc4C2)C3)nc1. The maximum atomic E-state index is 5.92. The fourth-order valence-electron chi connectivity index (χ4n) is 3.92. The second kappa shape index (κ2) is 7.11. The van der Waals surface area contributed by atoms with E-state index < -0.39 is 0 Å². The molecule has 1 atom stereocenters. The molecule has 0 saturated carbocycles. The maximum Gasteiger partial charge on any atom is 0.137 e. The lowest BCUT2D eigenvalue weighted by molar-refractivity contribution is 0.301.